The van der Waals surface area contributed by atoms with Crippen LogP contribution in [0.4, 0.5) is 0 Å². The van der Waals surface area contributed by atoms with Crippen LogP contribution < -0.4 is 10.6 Å². The Hall–Kier alpha value is -1.56. The van der Waals surface area contributed by atoms with Crippen LogP contribution in [0.3, 0.4) is 0 Å². The van der Waals surface area contributed by atoms with Gasteiger partial charge in [0.15, 0.2) is 5.96 Å². The third-order valence-electron chi connectivity index (χ3n) is 3.48. The Bertz CT molecular complexity index is 467. The molecule has 120 valence electrons. The van der Waals surface area contributed by atoms with Gasteiger partial charge in [-0.05, 0) is 19.8 Å². The highest BCUT2D eigenvalue weighted by Crippen LogP contribution is 2.15. The van der Waals surface area contributed by atoms with Crippen molar-refractivity contribution in [2.75, 3.05) is 20.8 Å². The van der Waals surface area contributed by atoms with E-state index in [1.807, 2.05) is 11.7 Å². The van der Waals surface area contributed by atoms with Gasteiger partial charge in [-0.15, -0.1) is 0 Å². The molecule has 0 aromatic carbocycles. The highest BCUT2D eigenvalue weighted by Gasteiger charge is 2.14. The zero-order valence-electron chi connectivity index (χ0n) is 14.2. The first-order chi connectivity index (χ1) is 10.1. The fraction of sp³-hybridized carbons (Fsp3) is 0.733. The van der Waals surface area contributed by atoms with Crippen molar-refractivity contribution in [1.82, 2.24) is 20.4 Å². The van der Waals surface area contributed by atoms with Crippen molar-refractivity contribution >= 4 is 5.96 Å². The number of aliphatic imine (C=N–C) groups is 1. The minimum absolute atomic E-state index is 0.214. The van der Waals surface area contributed by atoms with Gasteiger partial charge in [0.05, 0.1) is 12.3 Å². The first-order valence-electron chi connectivity index (χ1n) is 7.56. The molecule has 1 aromatic heterocycles. The molecule has 6 nitrogen and oxygen atoms in total. The summed E-state index contributed by atoms with van der Waals surface area (Å²) in [5, 5.41) is 11.3. The predicted octanol–water partition coefficient (Wildman–Crippen LogP) is 1.24. The van der Waals surface area contributed by atoms with Crippen LogP contribution in [-0.2, 0) is 31.2 Å². The molecule has 6 heteroatoms. The molecule has 0 saturated heterocycles. The van der Waals surface area contributed by atoms with E-state index in [-0.39, 0.29) is 6.04 Å². The SMILES string of the molecule is CCc1nn(C)c(CC)c1CNC(=NC)NC(C)COC. The van der Waals surface area contributed by atoms with E-state index in [2.05, 4.69) is 41.5 Å². The molecular formula is C15H29N5O. The predicted molar refractivity (Wildman–Crippen MR) is 86.6 cm³/mol. The number of methoxy groups -OCH3 is 1. The molecule has 0 saturated carbocycles. The maximum Gasteiger partial charge on any atom is 0.191 e. The zero-order valence-corrected chi connectivity index (χ0v) is 14.2. The highest BCUT2D eigenvalue weighted by atomic mass is 16.5. The third-order valence-corrected chi connectivity index (χ3v) is 3.48. The molecule has 2 N–H and O–H groups in total. The van der Waals surface area contributed by atoms with Gasteiger partial charge in [0, 0.05) is 45.0 Å². The average molecular weight is 295 g/mol. The molecule has 0 radical (unpaired) electrons. The zero-order chi connectivity index (χ0) is 15.8. The first kappa shape index (κ1) is 17.5. The van der Waals surface area contributed by atoms with Gasteiger partial charge in [0.2, 0.25) is 0 Å². The lowest BCUT2D eigenvalue weighted by Crippen LogP contribution is -2.43. The number of aryl methyl sites for hydroxylation is 2. The Labute approximate surface area is 128 Å². The number of nitrogens with zero attached hydrogens (tertiary/aromatic N) is 3. The normalized spacial score (nSPS) is 13.3. The average Bonchev–Trinajstić information content (AvgIpc) is 2.78. The van der Waals surface area contributed by atoms with Gasteiger partial charge in [0.25, 0.3) is 0 Å². The summed E-state index contributed by atoms with van der Waals surface area (Å²) in [5.74, 6) is 0.785. The maximum atomic E-state index is 5.13. The van der Waals surface area contributed by atoms with Crippen molar-refractivity contribution in [2.24, 2.45) is 12.0 Å². The Morgan fingerprint density at radius 3 is 2.62 bits per heavy atom. The van der Waals surface area contributed by atoms with Crippen LogP contribution in [0.5, 0.6) is 0 Å². The van der Waals surface area contributed by atoms with E-state index in [9.17, 15) is 0 Å². The molecule has 0 aliphatic rings. The topological polar surface area (TPSA) is 63.5 Å². The monoisotopic (exact) mass is 295 g/mol. The van der Waals surface area contributed by atoms with Crippen molar-refractivity contribution in [2.45, 2.75) is 46.2 Å². The van der Waals surface area contributed by atoms with E-state index in [0.29, 0.717) is 6.61 Å². The van der Waals surface area contributed by atoms with Crippen molar-refractivity contribution < 1.29 is 4.74 Å². The summed E-state index contributed by atoms with van der Waals surface area (Å²) in [6, 6.07) is 0.214. The number of hydrogen-bond acceptors (Lipinski definition) is 3. The second kappa shape index (κ2) is 8.67. The standard InChI is InChI=1S/C15H29N5O/c1-7-13-12(14(8-2)20(5)19-13)9-17-15(16-4)18-11(3)10-21-6/h11H,7-10H2,1-6H3,(H2,16,17,18). The summed E-state index contributed by atoms with van der Waals surface area (Å²) < 4.78 is 7.12. The number of rotatable bonds is 7. The number of nitrogens with one attached hydrogen (secondary N) is 2. The molecule has 1 unspecified atom stereocenters. The number of ether oxygens (including phenoxy) is 1. The molecule has 1 atom stereocenters. The smallest absolute Gasteiger partial charge is 0.191 e. The molecule has 1 aromatic rings. The van der Waals surface area contributed by atoms with Crippen LogP contribution in [-0.4, -0.2) is 42.5 Å². The molecule has 0 amide bonds. The van der Waals surface area contributed by atoms with Gasteiger partial charge < -0.3 is 15.4 Å². The molecule has 0 spiro atoms. The van der Waals surface area contributed by atoms with E-state index in [1.54, 1.807) is 14.2 Å². The number of aromatic nitrogens is 2. The van der Waals surface area contributed by atoms with E-state index >= 15 is 0 Å². The van der Waals surface area contributed by atoms with Crippen molar-refractivity contribution in [3.05, 3.63) is 17.0 Å². The Morgan fingerprint density at radius 1 is 1.38 bits per heavy atom. The van der Waals surface area contributed by atoms with Crippen LogP contribution in [0.2, 0.25) is 0 Å². The van der Waals surface area contributed by atoms with Crippen molar-refractivity contribution in [3.63, 3.8) is 0 Å². The van der Waals surface area contributed by atoms with Crippen molar-refractivity contribution in [3.8, 4) is 0 Å². The van der Waals surface area contributed by atoms with Crippen LogP contribution >= 0.6 is 0 Å². The van der Waals surface area contributed by atoms with Crippen LogP contribution in [0.25, 0.3) is 0 Å². The molecular weight excluding hydrogens is 266 g/mol. The second-order valence-electron chi connectivity index (χ2n) is 5.13. The summed E-state index contributed by atoms with van der Waals surface area (Å²) in [7, 11) is 5.49. The van der Waals surface area contributed by atoms with E-state index < -0.39 is 0 Å². The van der Waals surface area contributed by atoms with E-state index in [4.69, 9.17) is 4.74 Å². The molecule has 0 fully saturated rings. The van der Waals surface area contributed by atoms with Crippen LogP contribution in [0.15, 0.2) is 4.99 Å². The van der Waals surface area contributed by atoms with E-state index in [0.717, 1.165) is 31.0 Å². The summed E-state index contributed by atoms with van der Waals surface area (Å²) in [5.41, 5.74) is 3.71. The Morgan fingerprint density at radius 2 is 2.10 bits per heavy atom. The molecule has 21 heavy (non-hydrogen) atoms. The Kier molecular flexibility index (Phi) is 7.22. The lowest BCUT2D eigenvalue weighted by atomic mass is 10.1. The summed E-state index contributed by atoms with van der Waals surface area (Å²) in [6.07, 6.45) is 1.92. The van der Waals surface area contributed by atoms with Gasteiger partial charge in [-0.25, -0.2) is 0 Å². The Balaban J connectivity index is 2.73. The van der Waals surface area contributed by atoms with Crippen LogP contribution in [0.1, 0.15) is 37.7 Å². The minimum atomic E-state index is 0.214. The van der Waals surface area contributed by atoms with Gasteiger partial charge >= 0.3 is 0 Å². The quantitative estimate of drug-likeness (QED) is 0.587. The number of guanidine groups is 1. The fourth-order valence-electron chi connectivity index (χ4n) is 2.49. The highest BCUT2D eigenvalue weighted by molar-refractivity contribution is 5.79. The second-order valence-corrected chi connectivity index (χ2v) is 5.13. The largest absolute Gasteiger partial charge is 0.383 e. The number of hydrogen-bond donors (Lipinski definition) is 2. The first-order valence-corrected chi connectivity index (χ1v) is 7.56. The van der Waals surface area contributed by atoms with Crippen molar-refractivity contribution in [1.29, 1.82) is 0 Å². The minimum Gasteiger partial charge on any atom is -0.383 e. The summed E-state index contributed by atoms with van der Waals surface area (Å²) in [4.78, 5) is 4.25. The summed E-state index contributed by atoms with van der Waals surface area (Å²) in [6.45, 7) is 7.75. The maximum absolute atomic E-state index is 5.13. The van der Waals surface area contributed by atoms with Gasteiger partial charge in [-0.1, -0.05) is 13.8 Å². The lowest BCUT2D eigenvalue weighted by Gasteiger charge is -2.17. The van der Waals surface area contributed by atoms with E-state index in [1.165, 1.54) is 11.3 Å². The molecule has 0 bridgehead atoms. The third kappa shape index (κ3) is 4.74. The molecule has 1 rings (SSSR count). The fourth-order valence-corrected chi connectivity index (χ4v) is 2.49. The van der Waals surface area contributed by atoms with Gasteiger partial charge in [-0.2, -0.15) is 5.10 Å². The lowest BCUT2D eigenvalue weighted by molar-refractivity contribution is 0.179. The molecule has 0 aliphatic heterocycles. The van der Waals surface area contributed by atoms with Gasteiger partial charge in [0.1, 0.15) is 0 Å². The molecule has 0 aliphatic carbocycles. The van der Waals surface area contributed by atoms with Gasteiger partial charge in [-0.3, -0.25) is 9.67 Å². The molecule has 1 heterocycles. The van der Waals surface area contributed by atoms with Crippen LogP contribution in [0, 0.1) is 0 Å². The summed E-state index contributed by atoms with van der Waals surface area (Å²) >= 11 is 0.